The van der Waals surface area contributed by atoms with E-state index in [0.717, 1.165) is 19.3 Å². The van der Waals surface area contributed by atoms with Gasteiger partial charge in [-0.1, -0.05) is 52.9 Å². The maximum atomic E-state index is 12.8. The van der Waals surface area contributed by atoms with Crippen LogP contribution in [0.25, 0.3) is 0 Å². The Labute approximate surface area is 124 Å². The molecule has 2 atom stereocenters. The summed E-state index contributed by atoms with van der Waals surface area (Å²) in [5, 5.41) is 3.63. The number of hydrogen-bond donors (Lipinski definition) is 1. The predicted molar refractivity (Wildman–Crippen MR) is 83.4 cm³/mol. The van der Waals surface area contributed by atoms with Gasteiger partial charge in [0.1, 0.15) is 0 Å². The Morgan fingerprint density at radius 1 is 1.25 bits per heavy atom. The summed E-state index contributed by atoms with van der Waals surface area (Å²) < 4.78 is 0. The van der Waals surface area contributed by atoms with E-state index in [2.05, 4.69) is 31.0 Å². The summed E-state index contributed by atoms with van der Waals surface area (Å²) >= 11 is 0. The summed E-state index contributed by atoms with van der Waals surface area (Å²) in [4.78, 5) is 15.0. The molecule has 0 aromatic carbocycles. The second kappa shape index (κ2) is 7.44. The first-order valence-electron chi connectivity index (χ1n) is 8.71. The van der Waals surface area contributed by atoms with Crippen molar-refractivity contribution in [3.63, 3.8) is 0 Å². The molecule has 0 radical (unpaired) electrons. The molecule has 3 nitrogen and oxygen atoms in total. The van der Waals surface area contributed by atoms with Gasteiger partial charge in [-0.2, -0.15) is 0 Å². The van der Waals surface area contributed by atoms with Crippen LogP contribution in [-0.2, 0) is 4.79 Å². The van der Waals surface area contributed by atoms with Crippen LogP contribution >= 0.6 is 0 Å². The first-order valence-corrected chi connectivity index (χ1v) is 8.71. The molecule has 0 spiro atoms. The number of unbranched alkanes of at least 4 members (excludes halogenated alkanes) is 1. The lowest BCUT2D eigenvalue weighted by Crippen LogP contribution is -2.46. The van der Waals surface area contributed by atoms with Crippen LogP contribution in [0.1, 0.15) is 78.6 Å². The molecule has 0 aromatic rings. The van der Waals surface area contributed by atoms with Crippen molar-refractivity contribution in [2.75, 3.05) is 0 Å². The van der Waals surface area contributed by atoms with Gasteiger partial charge in [-0.25, -0.2) is 0 Å². The Balaban J connectivity index is 2.04. The third-order valence-corrected chi connectivity index (χ3v) is 4.79. The molecule has 0 bridgehead atoms. The number of carbonyl (C=O) groups is 1. The van der Waals surface area contributed by atoms with Gasteiger partial charge in [-0.05, 0) is 31.6 Å². The number of nitrogens with zero attached hydrogens (tertiary/aromatic N) is 1. The zero-order valence-corrected chi connectivity index (χ0v) is 13.5. The lowest BCUT2D eigenvalue weighted by molar-refractivity contribution is -0.133. The third-order valence-electron chi connectivity index (χ3n) is 4.79. The summed E-state index contributed by atoms with van der Waals surface area (Å²) in [6.45, 7) is 6.71. The zero-order chi connectivity index (χ0) is 14.5. The molecule has 1 N–H and O–H groups in total. The van der Waals surface area contributed by atoms with Crippen molar-refractivity contribution in [1.29, 1.82) is 0 Å². The molecule has 1 amide bonds. The van der Waals surface area contributed by atoms with E-state index >= 15 is 0 Å². The summed E-state index contributed by atoms with van der Waals surface area (Å²) in [6.07, 6.45) is 11.1. The highest BCUT2D eigenvalue weighted by molar-refractivity contribution is 5.84. The molecular weight excluding hydrogens is 248 g/mol. The van der Waals surface area contributed by atoms with E-state index in [9.17, 15) is 4.79 Å². The van der Waals surface area contributed by atoms with Gasteiger partial charge < -0.3 is 4.90 Å². The minimum Gasteiger partial charge on any atom is -0.323 e. The minimum atomic E-state index is 0.0839. The Hall–Kier alpha value is -0.570. The quantitative estimate of drug-likeness (QED) is 0.805. The molecule has 1 saturated heterocycles. The second-order valence-corrected chi connectivity index (χ2v) is 7.04. The maximum absolute atomic E-state index is 12.8. The maximum Gasteiger partial charge on any atom is 0.241 e. The van der Waals surface area contributed by atoms with E-state index in [0.29, 0.717) is 17.9 Å². The van der Waals surface area contributed by atoms with Gasteiger partial charge >= 0.3 is 0 Å². The molecule has 1 saturated carbocycles. The number of hydrogen-bond acceptors (Lipinski definition) is 2. The molecule has 1 heterocycles. The van der Waals surface area contributed by atoms with E-state index < -0.39 is 0 Å². The number of carbonyl (C=O) groups excluding carboxylic acids is 1. The fraction of sp³-hybridized carbons (Fsp3) is 0.941. The number of rotatable bonds is 6. The normalized spacial score (nSPS) is 28.6. The highest BCUT2D eigenvalue weighted by atomic mass is 16.2. The van der Waals surface area contributed by atoms with Crippen LogP contribution < -0.4 is 5.32 Å². The van der Waals surface area contributed by atoms with Gasteiger partial charge in [0, 0.05) is 6.04 Å². The fourth-order valence-electron chi connectivity index (χ4n) is 3.75. The third kappa shape index (κ3) is 3.75. The molecular formula is C17H32N2O. The van der Waals surface area contributed by atoms with E-state index in [1.165, 1.54) is 38.5 Å². The Morgan fingerprint density at radius 2 is 1.95 bits per heavy atom. The monoisotopic (exact) mass is 280 g/mol. The van der Waals surface area contributed by atoms with Gasteiger partial charge in [0.2, 0.25) is 5.91 Å². The first kappa shape index (κ1) is 15.8. The van der Waals surface area contributed by atoms with Crippen molar-refractivity contribution < 1.29 is 4.79 Å². The summed E-state index contributed by atoms with van der Waals surface area (Å²) in [7, 11) is 0. The highest BCUT2D eigenvalue weighted by Gasteiger charge is 2.42. The van der Waals surface area contributed by atoms with Crippen molar-refractivity contribution in [1.82, 2.24) is 10.2 Å². The van der Waals surface area contributed by atoms with Crippen LogP contribution in [0.15, 0.2) is 0 Å². The predicted octanol–water partition coefficient (Wildman–Crippen LogP) is 3.68. The van der Waals surface area contributed by atoms with E-state index in [1.807, 2.05) is 0 Å². The fourth-order valence-corrected chi connectivity index (χ4v) is 3.75. The molecule has 0 aromatic heterocycles. The SMILES string of the molecule is CCCCC1NC(CC(C)C)N(C2CCCCC2)C1=O. The molecule has 1 aliphatic heterocycles. The van der Waals surface area contributed by atoms with Gasteiger partial charge in [0.05, 0.1) is 12.2 Å². The molecule has 3 heteroatoms. The van der Waals surface area contributed by atoms with Crippen LogP contribution in [0, 0.1) is 5.92 Å². The molecule has 2 rings (SSSR count). The average molecular weight is 280 g/mol. The topological polar surface area (TPSA) is 32.3 Å². The van der Waals surface area contributed by atoms with Crippen LogP contribution in [0.2, 0.25) is 0 Å². The van der Waals surface area contributed by atoms with Crippen molar-refractivity contribution in [2.45, 2.75) is 96.8 Å². The largest absolute Gasteiger partial charge is 0.323 e. The molecule has 2 unspecified atom stereocenters. The summed E-state index contributed by atoms with van der Waals surface area (Å²) in [6, 6.07) is 0.583. The van der Waals surface area contributed by atoms with Crippen molar-refractivity contribution in [3.05, 3.63) is 0 Å². The lowest BCUT2D eigenvalue weighted by Gasteiger charge is -2.35. The summed E-state index contributed by atoms with van der Waals surface area (Å²) in [5.41, 5.74) is 0. The number of amides is 1. The minimum absolute atomic E-state index is 0.0839. The van der Waals surface area contributed by atoms with Crippen LogP contribution in [0.5, 0.6) is 0 Å². The number of nitrogens with one attached hydrogen (secondary N) is 1. The highest BCUT2D eigenvalue weighted by Crippen LogP contribution is 2.30. The van der Waals surface area contributed by atoms with Crippen molar-refractivity contribution >= 4 is 5.91 Å². The molecule has 2 fully saturated rings. The molecule has 2 aliphatic rings. The van der Waals surface area contributed by atoms with E-state index in [1.54, 1.807) is 0 Å². The Morgan fingerprint density at radius 3 is 2.55 bits per heavy atom. The van der Waals surface area contributed by atoms with Gasteiger partial charge in [-0.3, -0.25) is 10.1 Å². The molecule has 116 valence electrons. The average Bonchev–Trinajstić information content (AvgIpc) is 2.73. The van der Waals surface area contributed by atoms with Crippen molar-refractivity contribution in [3.8, 4) is 0 Å². The summed E-state index contributed by atoms with van der Waals surface area (Å²) in [5.74, 6) is 1.02. The van der Waals surface area contributed by atoms with Crippen LogP contribution in [-0.4, -0.2) is 29.1 Å². The van der Waals surface area contributed by atoms with Gasteiger partial charge in [0.25, 0.3) is 0 Å². The van der Waals surface area contributed by atoms with E-state index in [-0.39, 0.29) is 12.2 Å². The lowest BCUT2D eigenvalue weighted by atomic mass is 9.93. The Kier molecular flexibility index (Phi) is 5.88. The Bertz CT molecular complexity index is 310. The standard InChI is InChI=1S/C17H32N2O/c1-4-5-11-15-17(20)19(14-9-7-6-8-10-14)16(18-15)12-13(2)3/h13-16,18H,4-12H2,1-3H3. The first-order chi connectivity index (χ1) is 9.63. The van der Waals surface area contributed by atoms with Crippen LogP contribution in [0.4, 0.5) is 0 Å². The molecule has 20 heavy (non-hydrogen) atoms. The van der Waals surface area contributed by atoms with Gasteiger partial charge in [-0.15, -0.1) is 0 Å². The van der Waals surface area contributed by atoms with Crippen molar-refractivity contribution in [2.24, 2.45) is 5.92 Å². The zero-order valence-electron chi connectivity index (χ0n) is 13.5. The molecule has 1 aliphatic carbocycles. The van der Waals surface area contributed by atoms with E-state index in [4.69, 9.17) is 0 Å². The van der Waals surface area contributed by atoms with Crippen LogP contribution in [0.3, 0.4) is 0 Å². The van der Waals surface area contributed by atoms with Gasteiger partial charge in [0.15, 0.2) is 0 Å². The smallest absolute Gasteiger partial charge is 0.241 e. The second-order valence-electron chi connectivity index (χ2n) is 7.04.